The standard InChI is InChI=1S/C44H86O3/c1-34(2)15-10-22-40(9)43-26-25-37(6)18-13-20-39(8)28-31-44(46-33-42(47-44)29-32-45)30-27-38(7)19-12-17-36(5)21-14-24-41(43)23-11-16-35(3)4/h34-43,45H,10-33H2,1-9H3. The smallest absolute Gasteiger partial charge is 0.168 e. The average molecular weight is 663 g/mol. The van der Waals surface area contributed by atoms with E-state index in [1.165, 1.54) is 122 Å². The van der Waals surface area contributed by atoms with Gasteiger partial charge in [0.2, 0.25) is 0 Å². The number of hydrogen-bond acceptors (Lipinski definition) is 3. The van der Waals surface area contributed by atoms with Crippen molar-refractivity contribution >= 4 is 0 Å². The maximum absolute atomic E-state index is 9.54. The third-order valence-electron chi connectivity index (χ3n) is 12.6. The Hall–Kier alpha value is -0.120. The van der Waals surface area contributed by atoms with E-state index >= 15 is 0 Å². The molecule has 0 aromatic rings. The van der Waals surface area contributed by atoms with Gasteiger partial charge in [-0.05, 0) is 78.9 Å². The molecule has 0 amide bonds. The molecule has 47 heavy (non-hydrogen) atoms. The van der Waals surface area contributed by atoms with Gasteiger partial charge in [-0.2, -0.15) is 0 Å². The van der Waals surface area contributed by atoms with E-state index < -0.39 is 5.79 Å². The first-order valence-electron chi connectivity index (χ1n) is 21.4. The molecule has 2 aliphatic rings. The molecule has 0 radical (unpaired) electrons. The van der Waals surface area contributed by atoms with Gasteiger partial charge in [0.15, 0.2) is 5.79 Å². The lowest BCUT2D eigenvalue weighted by atomic mass is 9.72. The van der Waals surface area contributed by atoms with Gasteiger partial charge in [0.25, 0.3) is 0 Å². The number of ether oxygens (including phenoxy) is 2. The molecule has 1 spiro atoms. The van der Waals surface area contributed by atoms with Crippen molar-refractivity contribution in [1.82, 2.24) is 0 Å². The zero-order valence-electron chi connectivity index (χ0n) is 33.5. The lowest BCUT2D eigenvalue weighted by molar-refractivity contribution is -0.183. The molecule has 0 aromatic carbocycles. The summed E-state index contributed by atoms with van der Waals surface area (Å²) in [5.41, 5.74) is 0. The lowest BCUT2D eigenvalue weighted by Crippen LogP contribution is -2.32. The molecular weight excluding hydrogens is 576 g/mol. The van der Waals surface area contributed by atoms with Crippen LogP contribution in [0.5, 0.6) is 0 Å². The van der Waals surface area contributed by atoms with Gasteiger partial charge in [-0.3, -0.25) is 0 Å². The topological polar surface area (TPSA) is 38.7 Å². The van der Waals surface area contributed by atoms with Gasteiger partial charge >= 0.3 is 0 Å². The van der Waals surface area contributed by atoms with E-state index in [1.54, 1.807) is 0 Å². The fraction of sp³-hybridized carbons (Fsp3) is 1.00. The van der Waals surface area contributed by atoms with Crippen molar-refractivity contribution in [2.45, 2.75) is 215 Å². The average Bonchev–Trinajstić information content (AvgIpc) is 3.41. The fourth-order valence-corrected chi connectivity index (χ4v) is 9.04. The van der Waals surface area contributed by atoms with E-state index in [4.69, 9.17) is 9.47 Å². The molecule has 0 bridgehead atoms. The van der Waals surface area contributed by atoms with Crippen LogP contribution in [0.15, 0.2) is 0 Å². The normalized spacial score (nSPS) is 34.3. The summed E-state index contributed by atoms with van der Waals surface area (Å²) >= 11 is 0. The van der Waals surface area contributed by atoms with Crippen LogP contribution in [0.3, 0.4) is 0 Å². The summed E-state index contributed by atoms with van der Waals surface area (Å²) in [5.74, 6) is 7.01. The predicted octanol–water partition coefficient (Wildman–Crippen LogP) is 13.4. The Kier molecular flexibility index (Phi) is 22.1. The highest BCUT2D eigenvalue weighted by Gasteiger charge is 2.41. The van der Waals surface area contributed by atoms with Crippen LogP contribution in [0.25, 0.3) is 0 Å². The van der Waals surface area contributed by atoms with E-state index in [0.717, 1.165) is 54.3 Å². The van der Waals surface area contributed by atoms with Gasteiger partial charge < -0.3 is 14.6 Å². The quantitative estimate of drug-likeness (QED) is 0.239. The molecule has 1 saturated carbocycles. The largest absolute Gasteiger partial charge is 0.396 e. The van der Waals surface area contributed by atoms with Crippen LogP contribution in [0.1, 0.15) is 204 Å². The SMILES string of the molecule is CC(C)CCCC(C)C1CCC(C)CCCC(C)CCC2(CCC(C)CCCC(C)CCCC1CCCC(C)C)OCC(CCO)O2. The molecule has 1 saturated heterocycles. The van der Waals surface area contributed by atoms with Crippen molar-refractivity contribution < 1.29 is 14.6 Å². The maximum atomic E-state index is 9.54. The van der Waals surface area contributed by atoms with Crippen molar-refractivity contribution in [2.24, 2.45) is 53.3 Å². The number of aliphatic hydroxyl groups is 1. The molecule has 9 unspecified atom stereocenters. The van der Waals surface area contributed by atoms with E-state index in [2.05, 4.69) is 62.3 Å². The maximum Gasteiger partial charge on any atom is 0.168 e. The second-order valence-electron chi connectivity index (χ2n) is 18.4. The van der Waals surface area contributed by atoms with E-state index in [-0.39, 0.29) is 12.7 Å². The molecule has 280 valence electrons. The second-order valence-corrected chi connectivity index (χ2v) is 18.4. The highest BCUT2D eigenvalue weighted by Crippen LogP contribution is 2.40. The minimum absolute atomic E-state index is 0.0578. The van der Waals surface area contributed by atoms with Crippen LogP contribution in [0.4, 0.5) is 0 Å². The first-order valence-corrected chi connectivity index (χ1v) is 21.4. The minimum atomic E-state index is -0.424. The van der Waals surface area contributed by atoms with Gasteiger partial charge in [0.05, 0.1) is 12.7 Å². The summed E-state index contributed by atoms with van der Waals surface area (Å²) in [7, 11) is 0. The predicted molar refractivity (Wildman–Crippen MR) is 205 cm³/mol. The molecule has 2 fully saturated rings. The summed E-state index contributed by atoms with van der Waals surface area (Å²) in [6, 6.07) is 0. The number of aliphatic hydroxyl groups excluding tert-OH is 1. The molecule has 9 atom stereocenters. The molecule has 3 nitrogen and oxygen atoms in total. The molecule has 2 rings (SSSR count). The Bertz CT molecular complexity index is 750. The van der Waals surface area contributed by atoms with E-state index in [1.807, 2.05) is 0 Å². The first kappa shape index (κ1) is 43.0. The van der Waals surface area contributed by atoms with Crippen molar-refractivity contribution in [3.8, 4) is 0 Å². The zero-order valence-corrected chi connectivity index (χ0v) is 33.5. The Labute approximate surface area is 295 Å². The van der Waals surface area contributed by atoms with Crippen molar-refractivity contribution in [3.05, 3.63) is 0 Å². The molecule has 3 heteroatoms. The monoisotopic (exact) mass is 663 g/mol. The lowest BCUT2D eigenvalue weighted by Gasteiger charge is -2.34. The van der Waals surface area contributed by atoms with Crippen LogP contribution in [0, 0.1) is 53.3 Å². The highest BCUT2D eigenvalue weighted by atomic mass is 16.7. The zero-order chi connectivity index (χ0) is 34.7. The summed E-state index contributed by atoms with van der Waals surface area (Å²) in [6.07, 6.45) is 28.9. The molecule has 1 heterocycles. The summed E-state index contributed by atoms with van der Waals surface area (Å²) in [4.78, 5) is 0. The van der Waals surface area contributed by atoms with Crippen molar-refractivity contribution in [2.75, 3.05) is 13.2 Å². The fourth-order valence-electron chi connectivity index (χ4n) is 9.04. The summed E-state index contributed by atoms with van der Waals surface area (Å²) < 4.78 is 13.0. The summed E-state index contributed by atoms with van der Waals surface area (Å²) in [6.45, 7) is 23.1. The minimum Gasteiger partial charge on any atom is -0.396 e. The molecule has 0 aromatic heterocycles. The third-order valence-corrected chi connectivity index (χ3v) is 12.6. The Morgan fingerprint density at radius 2 is 1.11 bits per heavy atom. The second kappa shape index (κ2) is 24.1. The molecule has 1 N–H and O–H groups in total. The van der Waals surface area contributed by atoms with Gasteiger partial charge in [-0.25, -0.2) is 0 Å². The van der Waals surface area contributed by atoms with Gasteiger partial charge in [0.1, 0.15) is 0 Å². The first-order chi connectivity index (χ1) is 22.4. The van der Waals surface area contributed by atoms with E-state index in [9.17, 15) is 5.11 Å². The highest BCUT2D eigenvalue weighted by molar-refractivity contribution is 4.82. The van der Waals surface area contributed by atoms with Crippen LogP contribution >= 0.6 is 0 Å². The Balaban J connectivity index is 2.12. The Morgan fingerprint density at radius 3 is 1.66 bits per heavy atom. The van der Waals surface area contributed by atoms with Gasteiger partial charge in [0, 0.05) is 19.4 Å². The van der Waals surface area contributed by atoms with Crippen LogP contribution < -0.4 is 0 Å². The number of hydrogen-bond donors (Lipinski definition) is 1. The van der Waals surface area contributed by atoms with Crippen LogP contribution in [0.2, 0.25) is 0 Å². The van der Waals surface area contributed by atoms with Crippen LogP contribution in [-0.4, -0.2) is 30.2 Å². The number of rotatable bonds is 11. The molecule has 1 aliphatic carbocycles. The Morgan fingerprint density at radius 1 is 0.596 bits per heavy atom. The van der Waals surface area contributed by atoms with Crippen LogP contribution in [-0.2, 0) is 9.47 Å². The van der Waals surface area contributed by atoms with Gasteiger partial charge in [-0.15, -0.1) is 0 Å². The third kappa shape index (κ3) is 18.6. The summed E-state index contributed by atoms with van der Waals surface area (Å²) in [5, 5.41) is 9.54. The molecule has 1 aliphatic heterocycles. The van der Waals surface area contributed by atoms with Gasteiger partial charge in [-0.1, -0.05) is 165 Å². The van der Waals surface area contributed by atoms with E-state index in [0.29, 0.717) is 24.9 Å². The van der Waals surface area contributed by atoms with Crippen molar-refractivity contribution in [3.63, 3.8) is 0 Å². The van der Waals surface area contributed by atoms with Crippen molar-refractivity contribution in [1.29, 1.82) is 0 Å². The molecular formula is C44H86O3.